The second-order valence-electron chi connectivity index (χ2n) is 3.22. The van der Waals surface area contributed by atoms with E-state index in [1.54, 1.807) is 38.4 Å². The Kier molecular flexibility index (Phi) is 4.12. The standard InChI is InChI=1S/C11H15NO3/c1-12(11(14)6-7-15-2)9-4-3-5-10(13)8-9/h3-5,8,13H,6-7H2,1-2H3. The fourth-order valence-electron chi connectivity index (χ4n) is 1.20. The third-order valence-electron chi connectivity index (χ3n) is 2.11. The van der Waals surface area contributed by atoms with Crippen LogP contribution in [-0.2, 0) is 9.53 Å². The van der Waals surface area contributed by atoms with Gasteiger partial charge < -0.3 is 14.7 Å². The maximum Gasteiger partial charge on any atom is 0.229 e. The molecular weight excluding hydrogens is 194 g/mol. The number of ether oxygens (including phenoxy) is 1. The molecule has 0 spiro atoms. The number of phenolic OH excluding ortho intramolecular Hbond substituents is 1. The summed E-state index contributed by atoms with van der Waals surface area (Å²) >= 11 is 0. The first kappa shape index (κ1) is 11.5. The molecule has 0 atom stereocenters. The molecular formula is C11H15NO3. The van der Waals surface area contributed by atoms with E-state index in [1.807, 2.05) is 0 Å². The van der Waals surface area contributed by atoms with E-state index in [-0.39, 0.29) is 11.7 Å². The van der Waals surface area contributed by atoms with E-state index in [1.165, 1.54) is 4.90 Å². The number of carbonyl (C=O) groups excluding carboxylic acids is 1. The first-order valence-corrected chi connectivity index (χ1v) is 4.69. The summed E-state index contributed by atoms with van der Waals surface area (Å²) in [5.74, 6) is 0.112. The Bertz CT molecular complexity index is 338. The first-order valence-electron chi connectivity index (χ1n) is 4.69. The third kappa shape index (κ3) is 3.25. The average molecular weight is 209 g/mol. The molecule has 0 aliphatic carbocycles. The second-order valence-corrected chi connectivity index (χ2v) is 3.22. The van der Waals surface area contributed by atoms with E-state index in [0.29, 0.717) is 18.7 Å². The maximum absolute atomic E-state index is 11.6. The summed E-state index contributed by atoms with van der Waals surface area (Å²) in [4.78, 5) is 13.1. The Morgan fingerprint density at radius 1 is 1.53 bits per heavy atom. The lowest BCUT2D eigenvalue weighted by Crippen LogP contribution is -2.26. The Balaban J connectivity index is 2.67. The molecule has 0 saturated heterocycles. The summed E-state index contributed by atoms with van der Waals surface area (Å²) in [7, 11) is 3.23. The van der Waals surface area contributed by atoms with Crippen molar-refractivity contribution >= 4 is 11.6 Å². The van der Waals surface area contributed by atoms with Crippen LogP contribution in [0.2, 0.25) is 0 Å². The van der Waals surface area contributed by atoms with Crippen LogP contribution >= 0.6 is 0 Å². The molecule has 0 radical (unpaired) electrons. The molecule has 1 rings (SSSR count). The topological polar surface area (TPSA) is 49.8 Å². The van der Waals surface area contributed by atoms with Gasteiger partial charge in [-0.25, -0.2) is 0 Å². The Morgan fingerprint density at radius 2 is 2.27 bits per heavy atom. The molecule has 0 unspecified atom stereocenters. The Hall–Kier alpha value is -1.55. The predicted molar refractivity (Wildman–Crippen MR) is 58.0 cm³/mol. The maximum atomic E-state index is 11.6. The zero-order valence-electron chi connectivity index (χ0n) is 8.93. The fourth-order valence-corrected chi connectivity index (χ4v) is 1.20. The molecule has 0 aliphatic heterocycles. The monoisotopic (exact) mass is 209 g/mol. The number of nitrogens with zero attached hydrogens (tertiary/aromatic N) is 1. The van der Waals surface area contributed by atoms with Crippen molar-refractivity contribution in [2.24, 2.45) is 0 Å². The lowest BCUT2D eigenvalue weighted by atomic mass is 10.2. The highest BCUT2D eigenvalue weighted by Crippen LogP contribution is 2.19. The molecule has 4 nitrogen and oxygen atoms in total. The molecule has 1 N–H and O–H groups in total. The summed E-state index contributed by atoms with van der Waals surface area (Å²) in [6.45, 7) is 0.405. The minimum atomic E-state index is -0.0394. The van der Waals surface area contributed by atoms with Crippen molar-refractivity contribution in [3.63, 3.8) is 0 Å². The van der Waals surface area contributed by atoms with Crippen molar-refractivity contribution in [3.05, 3.63) is 24.3 Å². The highest BCUT2D eigenvalue weighted by Gasteiger charge is 2.10. The number of benzene rings is 1. The third-order valence-corrected chi connectivity index (χ3v) is 2.11. The van der Waals surface area contributed by atoms with Gasteiger partial charge in [-0.05, 0) is 12.1 Å². The second kappa shape index (κ2) is 5.36. The number of hydrogen-bond donors (Lipinski definition) is 1. The minimum Gasteiger partial charge on any atom is -0.508 e. The van der Waals surface area contributed by atoms with Gasteiger partial charge in [0, 0.05) is 25.9 Å². The number of methoxy groups -OCH3 is 1. The largest absolute Gasteiger partial charge is 0.508 e. The van der Waals surface area contributed by atoms with E-state index < -0.39 is 0 Å². The van der Waals surface area contributed by atoms with Gasteiger partial charge in [-0.15, -0.1) is 0 Å². The molecule has 1 aromatic rings. The molecule has 0 saturated carbocycles. The molecule has 0 heterocycles. The van der Waals surface area contributed by atoms with Crippen molar-refractivity contribution in [2.75, 3.05) is 25.7 Å². The Morgan fingerprint density at radius 3 is 2.87 bits per heavy atom. The van der Waals surface area contributed by atoms with Gasteiger partial charge in [0.25, 0.3) is 0 Å². The average Bonchev–Trinajstić information content (AvgIpc) is 2.24. The molecule has 0 bridgehead atoms. The summed E-state index contributed by atoms with van der Waals surface area (Å²) in [6.07, 6.45) is 0.336. The molecule has 1 amide bonds. The lowest BCUT2D eigenvalue weighted by molar-refractivity contribution is -0.119. The van der Waals surface area contributed by atoms with E-state index in [4.69, 9.17) is 4.74 Å². The Labute approximate surface area is 89.1 Å². The molecule has 82 valence electrons. The number of anilines is 1. The number of carbonyl (C=O) groups is 1. The zero-order chi connectivity index (χ0) is 11.3. The van der Waals surface area contributed by atoms with Crippen LogP contribution in [0.3, 0.4) is 0 Å². The van der Waals surface area contributed by atoms with Gasteiger partial charge in [0.05, 0.1) is 13.0 Å². The summed E-state index contributed by atoms with van der Waals surface area (Å²) in [6, 6.07) is 6.58. The van der Waals surface area contributed by atoms with Crippen LogP contribution in [0.1, 0.15) is 6.42 Å². The van der Waals surface area contributed by atoms with Crippen molar-refractivity contribution < 1.29 is 14.6 Å². The van der Waals surface area contributed by atoms with Gasteiger partial charge in [0.2, 0.25) is 5.91 Å². The molecule has 0 aromatic heterocycles. The number of aromatic hydroxyl groups is 1. The van der Waals surface area contributed by atoms with Gasteiger partial charge in [-0.2, -0.15) is 0 Å². The predicted octanol–water partition coefficient (Wildman–Crippen LogP) is 1.39. The van der Waals surface area contributed by atoms with Crippen LogP contribution in [0.15, 0.2) is 24.3 Å². The number of phenols is 1. The molecule has 1 aromatic carbocycles. The quantitative estimate of drug-likeness (QED) is 0.815. The van der Waals surface area contributed by atoms with E-state index in [9.17, 15) is 9.90 Å². The zero-order valence-corrected chi connectivity index (χ0v) is 8.93. The normalized spacial score (nSPS) is 10.0. The van der Waals surface area contributed by atoms with Gasteiger partial charge in [-0.1, -0.05) is 6.07 Å². The highest BCUT2D eigenvalue weighted by atomic mass is 16.5. The fraction of sp³-hybridized carbons (Fsp3) is 0.364. The van der Waals surface area contributed by atoms with Crippen molar-refractivity contribution in [1.29, 1.82) is 0 Å². The van der Waals surface area contributed by atoms with E-state index >= 15 is 0 Å². The first-order chi connectivity index (χ1) is 7.15. The number of hydrogen-bond acceptors (Lipinski definition) is 3. The molecule has 0 aliphatic rings. The van der Waals surface area contributed by atoms with Gasteiger partial charge >= 0.3 is 0 Å². The number of amides is 1. The number of rotatable bonds is 4. The summed E-state index contributed by atoms with van der Waals surface area (Å²) in [5, 5.41) is 9.26. The summed E-state index contributed by atoms with van der Waals surface area (Å²) in [5.41, 5.74) is 0.677. The van der Waals surface area contributed by atoms with Crippen molar-refractivity contribution in [3.8, 4) is 5.75 Å². The minimum absolute atomic E-state index is 0.0394. The van der Waals surface area contributed by atoms with Crippen molar-refractivity contribution in [2.45, 2.75) is 6.42 Å². The molecule has 15 heavy (non-hydrogen) atoms. The van der Waals surface area contributed by atoms with Crippen LogP contribution in [0.25, 0.3) is 0 Å². The smallest absolute Gasteiger partial charge is 0.229 e. The van der Waals surface area contributed by atoms with E-state index in [2.05, 4.69) is 0 Å². The van der Waals surface area contributed by atoms with Crippen LogP contribution in [-0.4, -0.2) is 31.8 Å². The highest BCUT2D eigenvalue weighted by molar-refractivity contribution is 5.92. The lowest BCUT2D eigenvalue weighted by Gasteiger charge is -2.17. The van der Waals surface area contributed by atoms with Crippen LogP contribution in [0.4, 0.5) is 5.69 Å². The van der Waals surface area contributed by atoms with Gasteiger partial charge in [0.1, 0.15) is 5.75 Å². The van der Waals surface area contributed by atoms with E-state index in [0.717, 1.165) is 0 Å². The SMILES string of the molecule is COCCC(=O)N(C)c1cccc(O)c1. The van der Waals surface area contributed by atoms with Gasteiger partial charge in [0.15, 0.2) is 0 Å². The molecule has 0 fully saturated rings. The van der Waals surface area contributed by atoms with Crippen molar-refractivity contribution in [1.82, 2.24) is 0 Å². The van der Waals surface area contributed by atoms with Crippen LogP contribution in [0.5, 0.6) is 5.75 Å². The summed E-state index contributed by atoms with van der Waals surface area (Å²) < 4.78 is 4.83. The van der Waals surface area contributed by atoms with Gasteiger partial charge in [-0.3, -0.25) is 4.79 Å². The molecule has 4 heteroatoms. The van der Waals surface area contributed by atoms with Crippen LogP contribution < -0.4 is 4.90 Å². The van der Waals surface area contributed by atoms with Crippen LogP contribution in [0, 0.1) is 0 Å².